The van der Waals surface area contributed by atoms with E-state index < -0.39 is 18.5 Å². The number of fused-ring (bicyclic) bond motifs is 5. The zero-order chi connectivity index (χ0) is 28.7. The average Bonchev–Trinajstić information content (AvgIpc) is 3.67. The summed E-state index contributed by atoms with van der Waals surface area (Å²) in [7, 11) is 2.99. The molecule has 2 bridgehead atoms. The molecule has 1 saturated heterocycles. The zero-order valence-electron chi connectivity index (χ0n) is 22.7. The van der Waals surface area contributed by atoms with Crippen LogP contribution in [-0.2, 0) is 19.1 Å². The predicted molar refractivity (Wildman–Crippen MR) is 150 cm³/mol. The van der Waals surface area contributed by atoms with Gasteiger partial charge in [-0.1, -0.05) is 30.3 Å². The second kappa shape index (κ2) is 10.7. The molecule has 0 aromatic heterocycles. The van der Waals surface area contributed by atoms with Crippen LogP contribution in [0.4, 0.5) is 11.4 Å². The van der Waals surface area contributed by atoms with Gasteiger partial charge in [0.25, 0.3) is 5.91 Å². The van der Waals surface area contributed by atoms with Gasteiger partial charge in [-0.25, -0.2) is 4.79 Å². The number of nitrogens with one attached hydrogen (secondary N) is 1. The Bertz CT molecular complexity index is 1500. The lowest BCUT2D eigenvalue weighted by molar-refractivity contribution is -0.123. The highest BCUT2D eigenvalue weighted by molar-refractivity contribution is 6.22. The van der Waals surface area contributed by atoms with E-state index in [9.17, 15) is 19.2 Å². The van der Waals surface area contributed by atoms with Crippen molar-refractivity contribution in [1.82, 2.24) is 0 Å². The summed E-state index contributed by atoms with van der Waals surface area (Å²) in [6, 6.07) is 21.3. The van der Waals surface area contributed by atoms with Crippen LogP contribution < -0.4 is 19.7 Å². The largest absolute Gasteiger partial charge is 0.497 e. The van der Waals surface area contributed by atoms with Gasteiger partial charge in [0.2, 0.25) is 11.8 Å². The van der Waals surface area contributed by atoms with Crippen molar-refractivity contribution in [2.75, 3.05) is 31.0 Å². The Kier molecular flexibility index (Phi) is 6.95. The minimum Gasteiger partial charge on any atom is -0.497 e. The van der Waals surface area contributed by atoms with E-state index in [1.165, 1.54) is 36.8 Å². The molecule has 3 fully saturated rings. The van der Waals surface area contributed by atoms with E-state index >= 15 is 0 Å². The molecule has 9 nitrogen and oxygen atoms in total. The number of imide groups is 1. The number of anilines is 2. The van der Waals surface area contributed by atoms with Gasteiger partial charge in [0.1, 0.15) is 11.5 Å². The van der Waals surface area contributed by atoms with Gasteiger partial charge >= 0.3 is 5.97 Å². The van der Waals surface area contributed by atoms with E-state index in [-0.39, 0.29) is 41.0 Å². The summed E-state index contributed by atoms with van der Waals surface area (Å²) in [5, 5.41) is 2.64. The van der Waals surface area contributed by atoms with Crippen LogP contribution in [0.15, 0.2) is 72.8 Å². The summed E-state index contributed by atoms with van der Waals surface area (Å²) in [6.07, 6.45) is 1.83. The summed E-state index contributed by atoms with van der Waals surface area (Å²) >= 11 is 0. The molecule has 3 amide bonds. The lowest BCUT2D eigenvalue weighted by Gasteiger charge is -2.28. The Hall–Kier alpha value is -4.66. The molecule has 0 unspecified atom stereocenters. The smallest absolute Gasteiger partial charge is 0.338 e. The fourth-order valence-electron chi connectivity index (χ4n) is 6.85. The molecule has 210 valence electrons. The molecule has 1 N–H and O–H groups in total. The number of amides is 3. The van der Waals surface area contributed by atoms with Gasteiger partial charge in [-0.3, -0.25) is 19.3 Å². The third-order valence-corrected chi connectivity index (χ3v) is 8.62. The molecular formula is C32H30N2O7. The zero-order valence-corrected chi connectivity index (χ0v) is 22.7. The highest BCUT2D eigenvalue weighted by Gasteiger charge is 2.64. The molecule has 0 radical (unpaired) electrons. The number of carbonyl (C=O) groups excluding carboxylic acids is 4. The molecule has 1 heterocycles. The van der Waals surface area contributed by atoms with Gasteiger partial charge in [0, 0.05) is 6.07 Å². The number of rotatable bonds is 8. The first-order valence-electron chi connectivity index (χ1n) is 13.6. The first kappa shape index (κ1) is 26.6. The molecule has 41 heavy (non-hydrogen) atoms. The minimum atomic E-state index is -0.701. The summed E-state index contributed by atoms with van der Waals surface area (Å²) in [6.45, 7) is -0.506. The van der Waals surface area contributed by atoms with Crippen LogP contribution >= 0.6 is 0 Å². The molecule has 2 aliphatic carbocycles. The van der Waals surface area contributed by atoms with Crippen molar-refractivity contribution in [1.29, 1.82) is 0 Å². The average molecular weight is 555 g/mol. The molecular weight excluding hydrogens is 524 g/mol. The van der Waals surface area contributed by atoms with E-state index in [0.717, 1.165) is 12.8 Å². The molecule has 6 rings (SSSR count). The summed E-state index contributed by atoms with van der Waals surface area (Å²) in [5.74, 6) is -0.513. The number of nitrogens with zero attached hydrogens (tertiary/aromatic N) is 1. The van der Waals surface area contributed by atoms with E-state index in [0.29, 0.717) is 28.8 Å². The first-order chi connectivity index (χ1) is 19.9. The number of methoxy groups -OCH3 is 2. The van der Waals surface area contributed by atoms with Crippen LogP contribution in [0.3, 0.4) is 0 Å². The molecule has 2 saturated carbocycles. The standard InChI is InChI=1S/C32H30N2O7/c1-39-22-12-13-25(26(16-22)40-2)33-27(35)17-41-32(38)19-8-10-21(11-9-19)34-30(36)28-20-14-23(18-6-4-3-5-7-18)24(15-20)29(28)31(34)37/h3-13,16,20,23-24,28-29H,14-15,17H2,1-2H3,(H,33,35)/t20-,23-,24+,28+,29+/m0/s1. The van der Waals surface area contributed by atoms with Crippen molar-refractivity contribution in [3.8, 4) is 11.5 Å². The van der Waals surface area contributed by atoms with Crippen LogP contribution in [0.2, 0.25) is 0 Å². The summed E-state index contributed by atoms with van der Waals surface area (Å²) in [4.78, 5) is 53.2. The highest BCUT2D eigenvalue weighted by atomic mass is 16.5. The lowest BCUT2D eigenvalue weighted by Crippen LogP contribution is -2.33. The second-order valence-corrected chi connectivity index (χ2v) is 10.7. The third kappa shape index (κ3) is 4.71. The highest BCUT2D eigenvalue weighted by Crippen LogP contribution is 2.61. The fourth-order valence-corrected chi connectivity index (χ4v) is 6.85. The lowest BCUT2D eigenvalue weighted by atomic mass is 9.73. The van der Waals surface area contributed by atoms with Gasteiger partial charge < -0.3 is 19.5 Å². The summed E-state index contributed by atoms with van der Waals surface area (Å²) < 4.78 is 15.6. The first-order valence-corrected chi connectivity index (χ1v) is 13.6. The maximum Gasteiger partial charge on any atom is 0.338 e. The van der Waals surface area contributed by atoms with Crippen molar-refractivity contribution in [3.63, 3.8) is 0 Å². The van der Waals surface area contributed by atoms with E-state index in [1.807, 2.05) is 18.2 Å². The molecule has 1 aliphatic heterocycles. The number of carbonyl (C=O) groups is 4. The Balaban J connectivity index is 1.08. The maximum absolute atomic E-state index is 13.5. The Morgan fingerprint density at radius 2 is 1.61 bits per heavy atom. The van der Waals surface area contributed by atoms with Gasteiger partial charge in [0.15, 0.2) is 6.61 Å². The molecule has 3 aliphatic rings. The second-order valence-electron chi connectivity index (χ2n) is 10.7. The van der Waals surface area contributed by atoms with Crippen LogP contribution in [0.5, 0.6) is 11.5 Å². The number of hydrogen-bond donors (Lipinski definition) is 1. The van der Waals surface area contributed by atoms with Crippen molar-refractivity contribution < 1.29 is 33.4 Å². The topological polar surface area (TPSA) is 111 Å². The van der Waals surface area contributed by atoms with Crippen molar-refractivity contribution in [2.45, 2.75) is 18.8 Å². The normalized spacial score (nSPS) is 24.2. The van der Waals surface area contributed by atoms with Crippen LogP contribution in [0.25, 0.3) is 0 Å². The number of ether oxygens (including phenoxy) is 3. The minimum absolute atomic E-state index is 0.153. The van der Waals surface area contributed by atoms with Crippen molar-refractivity contribution in [2.24, 2.45) is 23.7 Å². The van der Waals surface area contributed by atoms with E-state index in [4.69, 9.17) is 14.2 Å². The van der Waals surface area contributed by atoms with Crippen molar-refractivity contribution >= 4 is 35.1 Å². The van der Waals surface area contributed by atoms with Crippen molar-refractivity contribution in [3.05, 3.63) is 83.9 Å². The monoisotopic (exact) mass is 554 g/mol. The van der Waals surface area contributed by atoms with Crippen LogP contribution in [-0.4, -0.2) is 44.5 Å². The fraction of sp³-hybridized carbons (Fsp3) is 0.312. The molecule has 9 heteroatoms. The van der Waals surface area contributed by atoms with E-state index in [2.05, 4.69) is 17.4 Å². The van der Waals surface area contributed by atoms with Gasteiger partial charge in [-0.15, -0.1) is 0 Å². The third-order valence-electron chi connectivity index (χ3n) is 8.62. The quantitative estimate of drug-likeness (QED) is 0.324. The SMILES string of the molecule is COc1ccc(NC(=O)COC(=O)c2ccc(N3C(=O)[C@@H]4[C@@H]5C[C@@H]([C@H]4C3=O)[C@H](c3ccccc3)C5)cc2)c(OC)c1. The number of hydrogen-bond acceptors (Lipinski definition) is 7. The van der Waals surface area contributed by atoms with Crippen LogP contribution in [0.1, 0.15) is 34.7 Å². The molecule has 0 spiro atoms. The maximum atomic E-state index is 13.5. The van der Waals surface area contributed by atoms with E-state index in [1.54, 1.807) is 30.3 Å². The Morgan fingerprint density at radius 3 is 2.32 bits per heavy atom. The molecule has 3 aromatic rings. The van der Waals surface area contributed by atoms with Gasteiger partial charge in [-0.2, -0.15) is 0 Å². The molecule has 3 aromatic carbocycles. The Morgan fingerprint density at radius 1 is 0.878 bits per heavy atom. The number of benzene rings is 3. The summed E-state index contributed by atoms with van der Waals surface area (Å²) in [5.41, 5.74) is 2.28. The Labute approximate surface area is 237 Å². The predicted octanol–water partition coefficient (Wildman–Crippen LogP) is 4.43. The molecule has 5 atom stereocenters. The van der Waals surface area contributed by atoms with Gasteiger partial charge in [0.05, 0.1) is 43.0 Å². The number of esters is 1. The van der Waals surface area contributed by atoms with Gasteiger partial charge in [-0.05, 0) is 72.6 Å². The van der Waals surface area contributed by atoms with Crippen LogP contribution in [0, 0.1) is 23.7 Å².